The highest BCUT2D eigenvalue weighted by Gasteiger charge is 2.18. The zero-order chi connectivity index (χ0) is 16.3. The van der Waals surface area contributed by atoms with Crippen LogP contribution in [0.5, 0.6) is 0 Å². The molecular formula is C19H27NO2. The van der Waals surface area contributed by atoms with Crippen molar-refractivity contribution in [2.24, 2.45) is 0 Å². The average Bonchev–Trinajstić information content (AvgIpc) is 2.82. The van der Waals surface area contributed by atoms with Crippen LogP contribution >= 0.6 is 0 Å². The zero-order valence-corrected chi connectivity index (χ0v) is 14.1. The van der Waals surface area contributed by atoms with E-state index in [4.69, 9.17) is 0 Å². The normalized spacial score (nSPS) is 11.5. The number of aryl methyl sites for hydroxylation is 2. The van der Waals surface area contributed by atoms with Gasteiger partial charge in [-0.3, -0.25) is 0 Å². The number of aromatic carboxylic acids is 1. The molecule has 0 atom stereocenters. The van der Waals surface area contributed by atoms with Crippen molar-refractivity contribution in [1.82, 2.24) is 4.57 Å². The number of hydrogen-bond donors (Lipinski definition) is 1. The Hall–Kier alpha value is -1.77. The Morgan fingerprint density at radius 2 is 1.95 bits per heavy atom. The number of fused-ring (bicyclic) bond motifs is 1. The van der Waals surface area contributed by atoms with Gasteiger partial charge in [-0.15, -0.1) is 0 Å². The lowest BCUT2D eigenvalue weighted by molar-refractivity contribution is 0.0698. The first kappa shape index (κ1) is 16.6. The molecule has 0 spiro atoms. The maximum atomic E-state index is 11.8. The Kier molecular flexibility index (Phi) is 5.28. The van der Waals surface area contributed by atoms with E-state index < -0.39 is 5.97 Å². The minimum absolute atomic E-state index is 0.330. The molecule has 1 aromatic carbocycles. The third-order valence-corrected chi connectivity index (χ3v) is 4.25. The van der Waals surface area contributed by atoms with Gasteiger partial charge < -0.3 is 9.67 Å². The summed E-state index contributed by atoms with van der Waals surface area (Å²) >= 11 is 0. The van der Waals surface area contributed by atoms with Crippen molar-refractivity contribution in [2.75, 3.05) is 0 Å². The molecule has 2 rings (SSSR count). The van der Waals surface area contributed by atoms with Crippen LogP contribution in [0.25, 0.3) is 10.9 Å². The summed E-state index contributed by atoms with van der Waals surface area (Å²) in [5.41, 5.74) is 3.72. The summed E-state index contributed by atoms with van der Waals surface area (Å²) in [7, 11) is 0. The maximum absolute atomic E-state index is 11.8. The van der Waals surface area contributed by atoms with E-state index in [1.54, 1.807) is 0 Å². The van der Waals surface area contributed by atoms with Crippen LogP contribution in [-0.2, 0) is 13.0 Å². The van der Waals surface area contributed by atoms with Crippen molar-refractivity contribution in [2.45, 2.75) is 65.8 Å². The molecule has 0 saturated carbocycles. The average molecular weight is 301 g/mol. The van der Waals surface area contributed by atoms with E-state index in [1.807, 2.05) is 6.07 Å². The van der Waals surface area contributed by atoms with Gasteiger partial charge in [0.25, 0.3) is 0 Å². The van der Waals surface area contributed by atoms with Crippen LogP contribution in [-0.4, -0.2) is 15.6 Å². The summed E-state index contributed by atoms with van der Waals surface area (Å²) in [4.78, 5) is 11.8. The molecule has 22 heavy (non-hydrogen) atoms. The van der Waals surface area contributed by atoms with E-state index in [0.29, 0.717) is 11.5 Å². The van der Waals surface area contributed by atoms with Crippen molar-refractivity contribution < 1.29 is 9.90 Å². The molecule has 0 saturated heterocycles. The molecule has 2 aromatic rings. The summed E-state index contributed by atoms with van der Waals surface area (Å²) in [6, 6.07) is 4.05. The van der Waals surface area contributed by atoms with Crippen molar-refractivity contribution in [3.05, 3.63) is 35.0 Å². The number of aromatic nitrogens is 1. The fourth-order valence-electron chi connectivity index (χ4n) is 3.00. The highest BCUT2D eigenvalue weighted by molar-refractivity contribution is 6.04. The SMILES string of the molecule is CCCCn1cc(CCC)c2cc(C(C)C)cc(C(=O)O)c21. The lowest BCUT2D eigenvalue weighted by atomic mass is 9.96. The predicted molar refractivity (Wildman–Crippen MR) is 91.9 cm³/mol. The molecule has 0 radical (unpaired) electrons. The molecule has 0 fully saturated rings. The summed E-state index contributed by atoms with van der Waals surface area (Å²) in [6.45, 7) is 9.44. The number of nitrogens with zero attached hydrogens (tertiary/aromatic N) is 1. The summed E-state index contributed by atoms with van der Waals surface area (Å²) in [5, 5.41) is 10.8. The molecule has 1 N–H and O–H groups in total. The quantitative estimate of drug-likeness (QED) is 0.762. The van der Waals surface area contributed by atoms with E-state index in [-0.39, 0.29) is 0 Å². The summed E-state index contributed by atoms with van der Waals surface area (Å²) in [6.07, 6.45) is 6.41. The molecule has 1 heterocycles. The smallest absolute Gasteiger partial charge is 0.337 e. The molecule has 0 unspecified atom stereocenters. The van der Waals surface area contributed by atoms with Crippen molar-refractivity contribution >= 4 is 16.9 Å². The number of benzene rings is 1. The minimum Gasteiger partial charge on any atom is -0.478 e. The third kappa shape index (κ3) is 3.18. The second kappa shape index (κ2) is 6.99. The highest BCUT2D eigenvalue weighted by atomic mass is 16.4. The largest absolute Gasteiger partial charge is 0.478 e. The standard InChI is InChI=1S/C19H27NO2/c1-5-7-9-20-12-14(8-6-2)16-10-15(13(3)4)11-17(18(16)20)19(21)22/h10-13H,5-9H2,1-4H3,(H,21,22). The Morgan fingerprint density at radius 1 is 1.23 bits per heavy atom. The van der Waals surface area contributed by atoms with Gasteiger partial charge in [0.2, 0.25) is 0 Å². The molecular weight excluding hydrogens is 274 g/mol. The Labute approximate surface area is 133 Å². The monoisotopic (exact) mass is 301 g/mol. The first-order valence-corrected chi connectivity index (χ1v) is 8.38. The van der Waals surface area contributed by atoms with Gasteiger partial charge in [0.1, 0.15) is 0 Å². The summed E-state index contributed by atoms with van der Waals surface area (Å²) in [5.74, 6) is -0.498. The number of carboxylic acids is 1. The third-order valence-electron chi connectivity index (χ3n) is 4.25. The molecule has 0 aliphatic carbocycles. The van der Waals surface area contributed by atoms with Crippen molar-refractivity contribution in [1.29, 1.82) is 0 Å². The van der Waals surface area contributed by atoms with E-state index in [0.717, 1.165) is 48.7 Å². The van der Waals surface area contributed by atoms with Crippen molar-refractivity contribution in [3.63, 3.8) is 0 Å². The molecule has 120 valence electrons. The van der Waals surface area contributed by atoms with Gasteiger partial charge in [0, 0.05) is 18.1 Å². The molecule has 0 amide bonds. The van der Waals surface area contributed by atoms with Gasteiger partial charge in [-0.05, 0) is 42.0 Å². The Morgan fingerprint density at radius 3 is 2.50 bits per heavy atom. The van der Waals surface area contributed by atoms with Crippen molar-refractivity contribution in [3.8, 4) is 0 Å². The van der Waals surface area contributed by atoms with Crippen LogP contribution in [0.3, 0.4) is 0 Å². The molecule has 0 aliphatic rings. The van der Waals surface area contributed by atoms with Gasteiger partial charge >= 0.3 is 5.97 Å². The van der Waals surface area contributed by atoms with E-state index in [1.165, 1.54) is 5.56 Å². The molecule has 0 bridgehead atoms. The minimum atomic E-state index is -0.827. The fraction of sp³-hybridized carbons (Fsp3) is 0.526. The van der Waals surface area contributed by atoms with Crippen LogP contribution in [0.4, 0.5) is 0 Å². The number of carbonyl (C=O) groups is 1. The van der Waals surface area contributed by atoms with Gasteiger partial charge in [-0.1, -0.05) is 40.5 Å². The van der Waals surface area contributed by atoms with E-state index >= 15 is 0 Å². The van der Waals surface area contributed by atoms with Crippen LogP contribution in [0, 0.1) is 0 Å². The zero-order valence-electron chi connectivity index (χ0n) is 14.1. The molecule has 3 heteroatoms. The lowest BCUT2D eigenvalue weighted by Crippen LogP contribution is -2.05. The second-order valence-corrected chi connectivity index (χ2v) is 6.38. The fourth-order valence-corrected chi connectivity index (χ4v) is 3.00. The van der Waals surface area contributed by atoms with Crippen LogP contribution in [0.2, 0.25) is 0 Å². The van der Waals surface area contributed by atoms with Gasteiger partial charge in [-0.2, -0.15) is 0 Å². The van der Waals surface area contributed by atoms with Gasteiger partial charge in [-0.25, -0.2) is 4.79 Å². The topological polar surface area (TPSA) is 42.2 Å². The second-order valence-electron chi connectivity index (χ2n) is 6.38. The van der Waals surface area contributed by atoms with Gasteiger partial charge in [0.05, 0.1) is 11.1 Å². The predicted octanol–water partition coefficient (Wildman–Crippen LogP) is 5.22. The number of unbranched alkanes of at least 4 members (excludes halogenated alkanes) is 1. The van der Waals surface area contributed by atoms with Crippen LogP contribution < -0.4 is 0 Å². The maximum Gasteiger partial charge on any atom is 0.337 e. The lowest BCUT2D eigenvalue weighted by Gasteiger charge is -2.11. The van der Waals surface area contributed by atoms with Crippen LogP contribution in [0.15, 0.2) is 18.3 Å². The van der Waals surface area contributed by atoms with Crippen LogP contribution in [0.1, 0.15) is 74.4 Å². The first-order chi connectivity index (χ1) is 10.5. The molecule has 3 nitrogen and oxygen atoms in total. The Bertz CT molecular complexity index is 668. The molecule has 1 aromatic heterocycles. The summed E-state index contributed by atoms with van der Waals surface area (Å²) < 4.78 is 2.15. The van der Waals surface area contributed by atoms with E-state index in [2.05, 4.69) is 44.5 Å². The Balaban J connectivity index is 2.73. The van der Waals surface area contributed by atoms with E-state index in [9.17, 15) is 9.90 Å². The first-order valence-electron chi connectivity index (χ1n) is 8.38. The number of carboxylic acid groups (broad SMARTS) is 1. The highest BCUT2D eigenvalue weighted by Crippen LogP contribution is 2.30. The number of rotatable bonds is 7. The van der Waals surface area contributed by atoms with Gasteiger partial charge in [0.15, 0.2) is 0 Å². The molecule has 0 aliphatic heterocycles. The number of hydrogen-bond acceptors (Lipinski definition) is 1.